The van der Waals surface area contributed by atoms with Gasteiger partial charge in [-0.25, -0.2) is 5.43 Å². The lowest BCUT2D eigenvalue weighted by Crippen LogP contribution is -2.32. The molecule has 0 aliphatic rings. The fourth-order valence-corrected chi connectivity index (χ4v) is 4.53. The number of rotatable bonds is 8. The molecule has 0 fully saturated rings. The maximum absolute atomic E-state index is 12.2. The minimum absolute atomic E-state index is 0.200. The smallest absolute Gasteiger partial charge is 0.329 e. The molecule has 0 unspecified atom stereocenters. The molecule has 0 aliphatic carbocycles. The minimum Gasteiger partial charge on any atom is -0.490 e. The zero-order valence-electron chi connectivity index (χ0n) is 19.2. The summed E-state index contributed by atoms with van der Waals surface area (Å²) in [5.74, 6) is -0.794. The van der Waals surface area contributed by atoms with Crippen LogP contribution in [-0.4, -0.2) is 24.6 Å². The molecule has 2 amide bonds. The molecular formula is C25H21Br2Cl2N3O4. The van der Waals surface area contributed by atoms with E-state index in [0.29, 0.717) is 43.9 Å². The summed E-state index contributed by atoms with van der Waals surface area (Å²) in [7, 11) is 0. The summed E-state index contributed by atoms with van der Waals surface area (Å²) < 4.78 is 13.2. The van der Waals surface area contributed by atoms with Crippen molar-refractivity contribution in [2.75, 3.05) is 11.9 Å². The van der Waals surface area contributed by atoms with Crippen LogP contribution in [-0.2, 0) is 16.2 Å². The number of hydrogen-bond acceptors (Lipinski definition) is 5. The first-order chi connectivity index (χ1) is 17.2. The van der Waals surface area contributed by atoms with Gasteiger partial charge in [0.15, 0.2) is 11.5 Å². The molecule has 0 saturated heterocycles. The number of hydrogen-bond donors (Lipinski definition) is 2. The fraction of sp³-hybridized carbons (Fsp3) is 0.160. The first kappa shape index (κ1) is 28.0. The van der Waals surface area contributed by atoms with E-state index in [0.717, 1.165) is 15.6 Å². The van der Waals surface area contributed by atoms with Crippen LogP contribution in [0.2, 0.25) is 10.0 Å². The zero-order chi connectivity index (χ0) is 26.2. The topological polar surface area (TPSA) is 89.0 Å². The van der Waals surface area contributed by atoms with Gasteiger partial charge in [-0.2, -0.15) is 5.10 Å². The summed E-state index contributed by atoms with van der Waals surface area (Å²) in [5, 5.41) is 7.48. The number of carbonyl (C=O) groups is 2. The van der Waals surface area contributed by atoms with Crippen molar-refractivity contribution >= 4 is 78.8 Å². The summed E-state index contributed by atoms with van der Waals surface area (Å²) in [5.41, 5.74) is 4.93. The second kappa shape index (κ2) is 13.1. The van der Waals surface area contributed by atoms with Crippen molar-refractivity contribution < 1.29 is 19.1 Å². The Morgan fingerprint density at radius 2 is 1.81 bits per heavy atom. The lowest BCUT2D eigenvalue weighted by molar-refractivity contribution is -0.136. The number of amides is 2. The maximum Gasteiger partial charge on any atom is 0.329 e. The van der Waals surface area contributed by atoms with Crippen LogP contribution < -0.4 is 20.2 Å². The highest BCUT2D eigenvalue weighted by Gasteiger charge is 2.15. The molecule has 0 aliphatic heterocycles. The van der Waals surface area contributed by atoms with Crippen molar-refractivity contribution in [3.8, 4) is 11.5 Å². The van der Waals surface area contributed by atoms with Crippen LogP contribution >= 0.6 is 55.1 Å². The summed E-state index contributed by atoms with van der Waals surface area (Å²) >= 11 is 19.0. The molecule has 2 N–H and O–H groups in total. The number of anilines is 1. The zero-order valence-corrected chi connectivity index (χ0v) is 23.9. The molecule has 36 heavy (non-hydrogen) atoms. The van der Waals surface area contributed by atoms with E-state index in [1.54, 1.807) is 42.5 Å². The summed E-state index contributed by atoms with van der Waals surface area (Å²) in [6.45, 7) is 4.27. The third-order valence-electron chi connectivity index (χ3n) is 4.74. The second-order valence-corrected chi connectivity index (χ2v) is 10.0. The number of hydrazone groups is 1. The van der Waals surface area contributed by atoms with Gasteiger partial charge in [0, 0.05) is 25.8 Å². The number of ether oxygens (including phenoxy) is 2. The van der Waals surface area contributed by atoms with Gasteiger partial charge in [0.25, 0.3) is 0 Å². The lowest BCUT2D eigenvalue weighted by atomic mass is 10.2. The van der Waals surface area contributed by atoms with Crippen LogP contribution in [0, 0.1) is 6.92 Å². The number of benzene rings is 3. The summed E-state index contributed by atoms with van der Waals surface area (Å²) in [6.07, 6.45) is 1.39. The Balaban J connectivity index is 1.67. The standard InChI is InChI=1S/C25H21Br2Cl2N3O4/c1-3-35-22-10-15(9-19(27)23(22)36-13-16-4-6-18(28)11-20(16)29)12-30-32-25(34)24(33)31-21-7-5-17(26)8-14(21)2/h4-12H,3,13H2,1-2H3,(H,31,33)(H,32,34)/b30-12+. The minimum atomic E-state index is -0.905. The van der Waals surface area contributed by atoms with Crippen LogP contribution in [0.4, 0.5) is 5.69 Å². The van der Waals surface area contributed by atoms with Gasteiger partial charge in [-0.15, -0.1) is 0 Å². The monoisotopic (exact) mass is 655 g/mol. The van der Waals surface area contributed by atoms with Crippen molar-refractivity contribution in [2.24, 2.45) is 5.10 Å². The van der Waals surface area contributed by atoms with E-state index >= 15 is 0 Å². The number of nitrogens with zero attached hydrogens (tertiary/aromatic N) is 1. The van der Waals surface area contributed by atoms with Gasteiger partial charge in [-0.3, -0.25) is 9.59 Å². The molecule has 3 rings (SSSR count). The number of halogens is 4. The average Bonchev–Trinajstić information content (AvgIpc) is 2.81. The molecule has 0 spiro atoms. The van der Waals surface area contributed by atoms with Gasteiger partial charge >= 0.3 is 11.8 Å². The van der Waals surface area contributed by atoms with Gasteiger partial charge in [0.05, 0.1) is 17.3 Å². The van der Waals surface area contributed by atoms with E-state index in [9.17, 15) is 9.59 Å². The second-order valence-electron chi connectivity index (χ2n) is 7.40. The Morgan fingerprint density at radius 3 is 2.50 bits per heavy atom. The van der Waals surface area contributed by atoms with Crippen molar-refractivity contribution in [1.29, 1.82) is 0 Å². The van der Waals surface area contributed by atoms with Crippen molar-refractivity contribution in [3.63, 3.8) is 0 Å². The lowest BCUT2D eigenvalue weighted by Gasteiger charge is -2.15. The van der Waals surface area contributed by atoms with Crippen molar-refractivity contribution in [1.82, 2.24) is 5.43 Å². The van der Waals surface area contributed by atoms with Crippen LogP contribution in [0.5, 0.6) is 11.5 Å². The summed E-state index contributed by atoms with van der Waals surface area (Å²) in [4.78, 5) is 24.3. The maximum atomic E-state index is 12.2. The molecule has 0 atom stereocenters. The number of nitrogens with one attached hydrogen (secondary N) is 2. The molecule has 11 heteroatoms. The van der Waals surface area contributed by atoms with Crippen molar-refractivity contribution in [2.45, 2.75) is 20.5 Å². The van der Waals surface area contributed by atoms with Gasteiger partial charge in [0.2, 0.25) is 0 Å². The van der Waals surface area contributed by atoms with E-state index in [2.05, 4.69) is 47.7 Å². The third-order valence-corrected chi connectivity index (χ3v) is 6.41. The van der Waals surface area contributed by atoms with E-state index in [1.807, 2.05) is 19.9 Å². The van der Waals surface area contributed by atoms with Crippen LogP contribution in [0.1, 0.15) is 23.6 Å². The fourth-order valence-electron chi connectivity index (χ4n) is 3.02. The highest BCUT2D eigenvalue weighted by molar-refractivity contribution is 9.10. The molecule has 7 nitrogen and oxygen atoms in total. The Labute approximate surface area is 235 Å². The first-order valence-corrected chi connectivity index (χ1v) is 13.0. The third kappa shape index (κ3) is 7.70. The quantitative estimate of drug-likeness (QED) is 0.157. The molecule has 0 radical (unpaired) electrons. The highest BCUT2D eigenvalue weighted by atomic mass is 79.9. The predicted octanol–water partition coefficient (Wildman–Crippen LogP) is 6.89. The van der Waals surface area contributed by atoms with Crippen LogP contribution in [0.3, 0.4) is 0 Å². The molecular weight excluding hydrogens is 637 g/mol. The molecule has 3 aromatic rings. The highest BCUT2D eigenvalue weighted by Crippen LogP contribution is 2.37. The van der Waals surface area contributed by atoms with Crippen molar-refractivity contribution in [3.05, 3.63) is 84.2 Å². The Hall–Kier alpha value is -2.59. The number of carbonyl (C=O) groups excluding carboxylic acids is 2. The van der Waals surface area contributed by atoms with Crippen LogP contribution in [0.15, 0.2) is 62.6 Å². The predicted molar refractivity (Wildman–Crippen MR) is 149 cm³/mol. The van der Waals surface area contributed by atoms with Gasteiger partial charge in [-0.1, -0.05) is 45.2 Å². The molecule has 0 aromatic heterocycles. The van der Waals surface area contributed by atoms with Gasteiger partial charge < -0.3 is 14.8 Å². The molecule has 188 valence electrons. The SMILES string of the molecule is CCOc1cc(/C=N/NC(=O)C(=O)Nc2ccc(Br)cc2C)cc(Br)c1OCc1ccc(Cl)cc1Cl. The first-order valence-electron chi connectivity index (χ1n) is 10.6. The van der Waals surface area contributed by atoms with E-state index in [4.69, 9.17) is 32.7 Å². The van der Waals surface area contributed by atoms with E-state index in [-0.39, 0.29) is 6.61 Å². The Bertz CT molecular complexity index is 1320. The molecule has 0 saturated carbocycles. The average molecular weight is 658 g/mol. The van der Waals surface area contributed by atoms with Crippen LogP contribution in [0.25, 0.3) is 0 Å². The Morgan fingerprint density at radius 1 is 1.03 bits per heavy atom. The number of aryl methyl sites for hydroxylation is 1. The van der Waals surface area contributed by atoms with E-state index in [1.165, 1.54) is 6.21 Å². The van der Waals surface area contributed by atoms with Gasteiger partial charge in [-0.05, 0) is 83.4 Å². The van der Waals surface area contributed by atoms with Gasteiger partial charge in [0.1, 0.15) is 6.61 Å². The molecule has 0 bridgehead atoms. The Kier molecular flexibility index (Phi) is 10.2. The molecule has 3 aromatic carbocycles. The largest absolute Gasteiger partial charge is 0.490 e. The summed E-state index contributed by atoms with van der Waals surface area (Å²) in [6, 6.07) is 13.9. The van der Waals surface area contributed by atoms with E-state index < -0.39 is 11.8 Å². The normalized spacial score (nSPS) is 10.8. The molecule has 0 heterocycles.